The van der Waals surface area contributed by atoms with Gasteiger partial charge < -0.3 is 10.1 Å². The summed E-state index contributed by atoms with van der Waals surface area (Å²) >= 11 is 0. The standard InChI is InChI=1S/C19H31NO/c1-14(2)18-11-10-15(3)12-19(18)21-16(4)13-20-17-8-6-5-7-9-17/h10-12,14,16-17,20H,5-9,13H2,1-4H3. The van der Waals surface area contributed by atoms with E-state index < -0.39 is 0 Å². The van der Waals surface area contributed by atoms with E-state index in [1.807, 2.05) is 0 Å². The van der Waals surface area contributed by atoms with Crippen molar-refractivity contribution in [3.8, 4) is 5.75 Å². The summed E-state index contributed by atoms with van der Waals surface area (Å²) in [6, 6.07) is 7.25. The molecule has 0 aromatic heterocycles. The number of nitrogens with one attached hydrogen (secondary N) is 1. The van der Waals surface area contributed by atoms with Crippen LogP contribution in [0.3, 0.4) is 0 Å². The summed E-state index contributed by atoms with van der Waals surface area (Å²) < 4.78 is 6.22. The first-order valence-corrected chi connectivity index (χ1v) is 8.57. The Labute approximate surface area is 130 Å². The highest BCUT2D eigenvalue weighted by molar-refractivity contribution is 5.39. The summed E-state index contributed by atoms with van der Waals surface area (Å²) in [5, 5.41) is 3.68. The number of aryl methyl sites for hydroxylation is 1. The third-order valence-corrected chi connectivity index (χ3v) is 4.42. The Bertz CT molecular complexity index is 435. The molecular weight excluding hydrogens is 258 g/mol. The van der Waals surface area contributed by atoms with E-state index in [1.165, 1.54) is 43.2 Å². The molecule has 1 atom stereocenters. The average Bonchev–Trinajstić information content (AvgIpc) is 2.46. The normalized spacial score (nSPS) is 18.0. The van der Waals surface area contributed by atoms with E-state index in [1.54, 1.807) is 0 Å². The number of rotatable bonds is 6. The fourth-order valence-electron chi connectivity index (χ4n) is 3.12. The summed E-state index contributed by atoms with van der Waals surface area (Å²) in [6.45, 7) is 9.69. The molecule has 0 spiro atoms. The van der Waals surface area contributed by atoms with Crippen LogP contribution in [0.2, 0.25) is 0 Å². The molecule has 0 heterocycles. The Morgan fingerprint density at radius 1 is 1.14 bits per heavy atom. The Hall–Kier alpha value is -1.02. The van der Waals surface area contributed by atoms with Crippen molar-refractivity contribution in [3.63, 3.8) is 0 Å². The average molecular weight is 289 g/mol. The molecule has 1 unspecified atom stereocenters. The first kappa shape index (κ1) is 16.4. The molecule has 0 bridgehead atoms. The van der Waals surface area contributed by atoms with Gasteiger partial charge in [0.2, 0.25) is 0 Å². The molecule has 2 nitrogen and oxygen atoms in total. The van der Waals surface area contributed by atoms with Gasteiger partial charge in [0, 0.05) is 12.6 Å². The monoisotopic (exact) mass is 289 g/mol. The fraction of sp³-hybridized carbons (Fsp3) is 0.684. The van der Waals surface area contributed by atoms with E-state index in [4.69, 9.17) is 4.74 Å². The minimum Gasteiger partial charge on any atom is -0.489 e. The molecule has 1 aliphatic rings. The second kappa shape index (κ2) is 7.84. The van der Waals surface area contributed by atoms with E-state index in [0.717, 1.165) is 12.3 Å². The van der Waals surface area contributed by atoms with E-state index in [-0.39, 0.29) is 6.10 Å². The Kier molecular flexibility index (Phi) is 6.10. The van der Waals surface area contributed by atoms with E-state index in [0.29, 0.717) is 12.0 Å². The minimum absolute atomic E-state index is 0.214. The number of hydrogen-bond acceptors (Lipinski definition) is 2. The summed E-state index contributed by atoms with van der Waals surface area (Å²) in [5.74, 6) is 1.56. The molecule has 1 aromatic rings. The molecule has 2 heteroatoms. The fourth-order valence-corrected chi connectivity index (χ4v) is 3.12. The third-order valence-electron chi connectivity index (χ3n) is 4.42. The predicted octanol–water partition coefficient (Wildman–Crippen LogP) is 4.81. The third kappa shape index (κ3) is 5.03. The lowest BCUT2D eigenvalue weighted by Crippen LogP contribution is -2.37. The van der Waals surface area contributed by atoms with Crippen LogP contribution in [0.4, 0.5) is 0 Å². The molecule has 0 amide bonds. The molecule has 118 valence electrons. The number of hydrogen-bond donors (Lipinski definition) is 1. The van der Waals surface area contributed by atoms with Crippen LogP contribution in [0.25, 0.3) is 0 Å². The van der Waals surface area contributed by atoms with Crippen molar-refractivity contribution in [1.82, 2.24) is 5.32 Å². The quantitative estimate of drug-likeness (QED) is 0.811. The van der Waals surface area contributed by atoms with Gasteiger partial charge in [-0.25, -0.2) is 0 Å². The maximum absolute atomic E-state index is 6.22. The predicted molar refractivity (Wildman–Crippen MR) is 90.2 cm³/mol. The summed E-state index contributed by atoms with van der Waals surface area (Å²) in [6.07, 6.45) is 7.03. The van der Waals surface area contributed by atoms with Crippen molar-refractivity contribution in [2.75, 3.05) is 6.54 Å². The second-order valence-electron chi connectivity index (χ2n) is 6.87. The first-order chi connectivity index (χ1) is 10.1. The second-order valence-corrected chi connectivity index (χ2v) is 6.87. The maximum Gasteiger partial charge on any atom is 0.123 e. The van der Waals surface area contributed by atoms with Crippen molar-refractivity contribution < 1.29 is 4.74 Å². The lowest BCUT2D eigenvalue weighted by Gasteiger charge is -2.25. The van der Waals surface area contributed by atoms with Crippen LogP contribution in [0, 0.1) is 6.92 Å². The van der Waals surface area contributed by atoms with Gasteiger partial charge in [-0.2, -0.15) is 0 Å². The van der Waals surface area contributed by atoms with Gasteiger partial charge in [-0.1, -0.05) is 45.2 Å². The summed E-state index contributed by atoms with van der Waals surface area (Å²) in [7, 11) is 0. The van der Waals surface area contributed by atoms with Crippen molar-refractivity contribution in [2.24, 2.45) is 0 Å². The van der Waals surface area contributed by atoms with Gasteiger partial charge >= 0.3 is 0 Å². The Balaban J connectivity index is 1.89. The molecule has 1 aliphatic carbocycles. The van der Waals surface area contributed by atoms with Crippen LogP contribution in [-0.4, -0.2) is 18.7 Å². The number of ether oxygens (including phenoxy) is 1. The summed E-state index contributed by atoms with van der Waals surface area (Å²) in [5.41, 5.74) is 2.58. The molecule has 0 aliphatic heterocycles. The topological polar surface area (TPSA) is 21.3 Å². The molecule has 0 radical (unpaired) electrons. The molecule has 1 N–H and O–H groups in total. The van der Waals surface area contributed by atoms with Crippen molar-refractivity contribution in [3.05, 3.63) is 29.3 Å². The maximum atomic E-state index is 6.22. The number of benzene rings is 1. The molecule has 2 rings (SSSR count). The van der Waals surface area contributed by atoms with Crippen LogP contribution >= 0.6 is 0 Å². The molecule has 1 aromatic carbocycles. The largest absolute Gasteiger partial charge is 0.489 e. The molecule has 21 heavy (non-hydrogen) atoms. The van der Waals surface area contributed by atoms with E-state index in [2.05, 4.69) is 51.2 Å². The van der Waals surface area contributed by atoms with Crippen LogP contribution in [0.1, 0.15) is 69.9 Å². The van der Waals surface area contributed by atoms with Crippen molar-refractivity contribution >= 4 is 0 Å². The molecule has 1 fully saturated rings. The van der Waals surface area contributed by atoms with Crippen LogP contribution in [0.15, 0.2) is 18.2 Å². The molecule has 0 saturated heterocycles. The SMILES string of the molecule is Cc1ccc(C(C)C)c(OC(C)CNC2CCCCC2)c1. The van der Waals surface area contributed by atoms with Crippen LogP contribution < -0.4 is 10.1 Å². The zero-order valence-electron chi connectivity index (χ0n) is 14.1. The zero-order valence-corrected chi connectivity index (χ0v) is 14.1. The zero-order chi connectivity index (χ0) is 15.2. The van der Waals surface area contributed by atoms with Gasteiger partial charge in [-0.3, -0.25) is 0 Å². The van der Waals surface area contributed by atoms with Gasteiger partial charge in [0.15, 0.2) is 0 Å². The Morgan fingerprint density at radius 3 is 2.52 bits per heavy atom. The minimum atomic E-state index is 0.214. The first-order valence-electron chi connectivity index (χ1n) is 8.57. The van der Waals surface area contributed by atoms with Gasteiger partial charge in [0.05, 0.1) is 0 Å². The van der Waals surface area contributed by atoms with E-state index in [9.17, 15) is 0 Å². The smallest absolute Gasteiger partial charge is 0.123 e. The van der Waals surface area contributed by atoms with Gasteiger partial charge in [0.1, 0.15) is 11.9 Å². The van der Waals surface area contributed by atoms with Crippen molar-refractivity contribution in [1.29, 1.82) is 0 Å². The van der Waals surface area contributed by atoms with E-state index >= 15 is 0 Å². The Morgan fingerprint density at radius 2 is 1.86 bits per heavy atom. The highest BCUT2D eigenvalue weighted by Crippen LogP contribution is 2.28. The summed E-state index contributed by atoms with van der Waals surface area (Å²) in [4.78, 5) is 0. The van der Waals surface area contributed by atoms with Crippen molar-refractivity contribution in [2.45, 2.75) is 77.9 Å². The lowest BCUT2D eigenvalue weighted by atomic mass is 9.95. The lowest BCUT2D eigenvalue weighted by molar-refractivity contribution is 0.203. The van der Waals surface area contributed by atoms with Crippen LogP contribution in [-0.2, 0) is 0 Å². The molecule has 1 saturated carbocycles. The van der Waals surface area contributed by atoms with Crippen LogP contribution in [0.5, 0.6) is 5.75 Å². The molecular formula is C19H31NO. The van der Waals surface area contributed by atoms with Gasteiger partial charge in [0.25, 0.3) is 0 Å². The van der Waals surface area contributed by atoms with Gasteiger partial charge in [-0.05, 0) is 49.8 Å². The highest BCUT2D eigenvalue weighted by atomic mass is 16.5. The van der Waals surface area contributed by atoms with Gasteiger partial charge in [-0.15, -0.1) is 0 Å². The highest BCUT2D eigenvalue weighted by Gasteiger charge is 2.15.